The van der Waals surface area contributed by atoms with Crippen molar-refractivity contribution in [2.24, 2.45) is 0 Å². The quantitative estimate of drug-likeness (QED) is 0.193. The molecule has 0 amide bonds. The average molecular weight is 497 g/mol. The third kappa shape index (κ3) is 7.21. The number of hydrogen-bond donors (Lipinski definition) is 0. The summed E-state index contributed by atoms with van der Waals surface area (Å²) in [5.74, 6) is -0.145. The maximum absolute atomic E-state index is 12.1. The summed E-state index contributed by atoms with van der Waals surface area (Å²) < 4.78 is 0. The molecule has 0 unspecified atom stereocenters. The molecule has 4 aromatic rings. The zero-order valence-corrected chi connectivity index (χ0v) is 20.8. The van der Waals surface area contributed by atoms with Gasteiger partial charge in [-0.25, -0.2) is 9.59 Å². The first kappa shape index (κ1) is 25.5. The summed E-state index contributed by atoms with van der Waals surface area (Å²) in [6.07, 6.45) is 0.240. The summed E-state index contributed by atoms with van der Waals surface area (Å²) in [6.45, 7) is 4.10. The molecule has 0 saturated carbocycles. The molecule has 4 aromatic carbocycles. The predicted octanol–water partition coefficient (Wildman–Crippen LogP) is 6.17. The summed E-state index contributed by atoms with van der Waals surface area (Å²) in [6, 6.07) is 33.3. The van der Waals surface area contributed by atoms with E-state index in [-0.39, 0.29) is 12.8 Å². The second-order valence-electron chi connectivity index (χ2n) is 9.08. The first-order valence-electron chi connectivity index (χ1n) is 11.9. The molecule has 0 aromatic heterocycles. The Bertz CT molecular complexity index is 1230. The van der Waals surface area contributed by atoms with Crippen LogP contribution in [-0.2, 0) is 37.6 Å². The van der Waals surface area contributed by atoms with Gasteiger partial charge in [0.2, 0.25) is 0 Å². The minimum atomic E-state index is -0.484. The van der Waals surface area contributed by atoms with E-state index in [0.717, 1.165) is 22.3 Å². The highest BCUT2D eigenvalue weighted by atomic mass is 17.2. The number of rotatable bonds is 10. The van der Waals surface area contributed by atoms with Gasteiger partial charge in [-0.15, -0.1) is 0 Å². The van der Waals surface area contributed by atoms with Crippen LogP contribution in [0.1, 0.15) is 36.1 Å². The Labute approximate surface area is 216 Å². The van der Waals surface area contributed by atoms with E-state index in [0.29, 0.717) is 11.5 Å². The normalized spacial score (nSPS) is 10.9. The van der Waals surface area contributed by atoms with E-state index in [9.17, 15) is 9.59 Å². The summed E-state index contributed by atoms with van der Waals surface area (Å²) >= 11 is 0. The molecular weight excluding hydrogens is 468 g/mol. The fourth-order valence-corrected chi connectivity index (χ4v) is 3.81. The van der Waals surface area contributed by atoms with Gasteiger partial charge in [0.25, 0.3) is 0 Å². The van der Waals surface area contributed by atoms with Gasteiger partial charge in [0, 0.05) is 5.41 Å². The Morgan fingerprint density at radius 3 is 1.38 bits per heavy atom. The molecule has 188 valence electrons. The molecule has 0 fully saturated rings. The van der Waals surface area contributed by atoms with Crippen molar-refractivity contribution in [1.82, 2.24) is 0 Å². The fourth-order valence-electron chi connectivity index (χ4n) is 3.81. The van der Waals surface area contributed by atoms with Gasteiger partial charge in [-0.1, -0.05) is 98.8 Å². The maximum atomic E-state index is 12.1. The highest BCUT2D eigenvalue weighted by molar-refractivity contribution is 5.72. The molecule has 0 radical (unpaired) electrons. The van der Waals surface area contributed by atoms with Crippen LogP contribution in [0.4, 0.5) is 0 Å². The van der Waals surface area contributed by atoms with E-state index in [2.05, 4.69) is 0 Å². The van der Waals surface area contributed by atoms with Crippen molar-refractivity contribution >= 4 is 11.9 Å². The summed E-state index contributed by atoms with van der Waals surface area (Å²) in [4.78, 5) is 44.9. The molecule has 0 aliphatic heterocycles. The van der Waals surface area contributed by atoms with Crippen molar-refractivity contribution in [3.8, 4) is 11.5 Å². The molecule has 0 heterocycles. The minimum Gasteiger partial charge on any atom is -0.287 e. The van der Waals surface area contributed by atoms with Gasteiger partial charge < -0.3 is 0 Å². The summed E-state index contributed by atoms with van der Waals surface area (Å²) in [7, 11) is 0. The van der Waals surface area contributed by atoms with Crippen LogP contribution >= 0.6 is 0 Å². The van der Waals surface area contributed by atoms with Gasteiger partial charge >= 0.3 is 11.9 Å². The Morgan fingerprint density at radius 2 is 0.973 bits per heavy atom. The molecule has 4 rings (SSSR count). The Kier molecular flexibility index (Phi) is 8.21. The second-order valence-corrected chi connectivity index (χ2v) is 9.08. The average Bonchev–Trinajstić information content (AvgIpc) is 2.92. The zero-order chi connectivity index (χ0) is 26.1. The molecule has 6 nitrogen and oxygen atoms in total. The van der Waals surface area contributed by atoms with Crippen LogP contribution in [0.3, 0.4) is 0 Å². The zero-order valence-electron chi connectivity index (χ0n) is 20.8. The SMILES string of the molecule is CC(C)(c1cccc(OOC(=O)Cc2ccccc2)c1)c1cccc(OOC(=O)Cc2ccccc2)c1. The van der Waals surface area contributed by atoms with Crippen LogP contribution in [0.2, 0.25) is 0 Å². The predicted molar refractivity (Wildman–Crippen MR) is 139 cm³/mol. The lowest BCUT2D eigenvalue weighted by Crippen LogP contribution is -2.19. The van der Waals surface area contributed by atoms with E-state index < -0.39 is 17.4 Å². The third-order valence-corrected chi connectivity index (χ3v) is 5.96. The lowest BCUT2D eigenvalue weighted by molar-refractivity contribution is -0.213. The van der Waals surface area contributed by atoms with Crippen LogP contribution < -0.4 is 9.78 Å². The highest BCUT2D eigenvalue weighted by Gasteiger charge is 2.25. The van der Waals surface area contributed by atoms with Crippen molar-refractivity contribution in [3.05, 3.63) is 131 Å². The first-order chi connectivity index (χ1) is 17.9. The van der Waals surface area contributed by atoms with Crippen molar-refractivity contribution in [2.45, 2.75) is 32.1 Å². The topological polar surface area (TPSA) is 71.1 Å². The van der Waals surface area contributed by atoms with Crippen LogP contribution in [0.5, 0.6) is 11.5 Å². The molecule has 0 spiro atoms. The van der Waals surface area contributed by atoms with Gasteiger partial charge in [0.1, 0.15) is 0 Å². The lowest BCUT2D eigenvalue weighted by Gasteiger charge is -2.26. The Morgan fingerprint density at radius 1 is 0.568 bits per heavy atom. The molecule has 0 aliphatic carbocycles. The molecule has 6 heteroatoms. The largest absolute Gasteiger partial charge is 0.359 e. The van der Waals surface area contributed by atoms with E-state index in [1.807, 2.05) is 111 Å². The third-order valence-electron chi connectivity index (χ3n) is 5.96. The molecule has 0 N–H and O–H groups in total. The van der Waals surface area contributed by atoms with Crippen molar-refractivity contribution < 1.29 is 29.1 Å². The van der Waals surface area contributed by atoms with Crippen LogP contribution in [0, 0.1) is 0 Å². The van der Waals surface area contributed by atoms with Gasteiger partial charge in [-0.3, -0.25) is 19.6 Å². The number of carbonyl (C=O) groups is 2. The van der Waals surface area contributed by atoms with E-state index in [4.69, 9.17) is 19.6 Å². The van der Waals surface area contributed by atoms with Crippen LogP contribution in [0.15, 0.2) is 109 Å². The Hall–Kier alpha value is -4.58. The number of benzene rings is 4. The lowest BCUT2D eigenvalue weighted by atomic mass is 9.78. The van der Waals surface area contributed by atoms with E-state index in [1.54, 1.807) is 12.1 Å². The van der Waals surface area contributed by atoms with Crippen molar-refractivity contribution in [3.63, 3.8) is 0 Å². The summed E-state index contributed by atoms with van der Waals surface area (Å²) in [5.41, 5.74) is 3.10. The Balaban J connectivity index is 1.37. The van der Waals surface area contributed by atoms with E-state index >= 15 is 0 Å². The standard InChI is InChI=1S/C31H28O6/c1-31(2,25-15-9-17-27(21-25)34-36-29(32)19-23-11-5-3-6-12-23)26-16-10-18-28(22-26)35-37-30(33)20-24-13-7-4-8-14-24/h3-18,21-22H,19-20H2,1-2H3. The van der Waals surface area contributed by atoms with Crippen molar-refractivity contribution in [2.75, 3.05) is 0 Å². The fraction of sp³-hybridized carbons (Fsp3) is 0.161. The van der Waals surface area contributed by atoms with Gasteiger partial charge in [-0.05, 0) is 46.5 Å². The van der Waals surface area contributed by atoms with Crippen LogP contribution in [0.25, 0.3) is 0 Å². The van der Waals surface area contributed by atoms with Gasteiger partial charge in [-0.2, -0.15) is 0 Å². The van der Waals surface area contributed by atoms with Crippen molar-refractivity contribution in [1.29, 1.82) is 0 Å². The first-order valence-corrected chi connectivity index (χ1v) is 11.9. The second kappa shape index (κ2) is 11.9. The number of hydrogen-bond acceptors (Lipinski definition) is 6. The summed E-state index contributed by atoms with van der Waals surface area (Å²) in [5, 5.41) is 0. The highest BCUT2D eigenvalue weighted by Crippen LogP contribution is 2.35. The molecule has 0 saturated heterocycles. The van der Waals surface area contributed by atoms with Gasteiger partial charge in [0.15, 0.2) is 11.5 Å². The monoisotopic (exact) mass is 496 g/mol. The molecule has 0 aliphatic rings. The number of carbonyl (C=O) groups excluding carboxylic acids is 2. The molecular formula is C31H28O6. The van der Waals surface area contributed by atoms with Crippen LogP contribution in [-0.4, -0.2) is 11.9 Å². The smallest absolute Gasteiger partial charge is 0.287 e. The molecule has 0 bridgehead atoms. The maximum Gasteiger partial charge on any atom is 0.359 e. The molecule has 37 heavy (non-hydrogen) atoms. The van der Waals surface area contributed by atoms with Gasteiger partial charge in [0.05, 0.1) is 12.8 Å². The molecule has 0 atom stereocenters. The minimum absolute atomic E-state index is 0.120. The van der Waals surface area contributed by atoms with E-state index in [1.165, 1.54) is 0 Å².